The number of hydrogen-bond donors (Lipinski definition) is 1. The number of hydrogen-bond acceptors (Lipinski definition) is 2. The van der Waals surface area contributed by atoms with E-state index in [2.05, 4.69) is 42.5 Å². The van der Waals surface area contributed by atoms with Gasteiger partial charge in [0.25, 0.3) is 0 Å². The van der Waals surface area contributed by atoms with Crippen LogP contribution in [-0.2, 0) is 6.54 Å². The third-order valence-corrected chi connectivity index (χ3v) is 3.51. The first-order valence-corrected chi connectivity index (χ1v) is 7.38. The van der Waals surface area contributed by atoms with Gasteiger partial charge >= 0.3 is 0 Å². The number of halogens is 1. The van der Waals surface area contributed by atoms with Crippen LogP contribution in [-0.4, -0.2) is 16.3 Å². The van der Waals surface area contributed by atoms with Gasteiger partial charge in [0.1, 0.15) is 0 Å². The largest absolute Gasteiger partial charge is 0.312 e. The zero-order valence-electron chi connectivity index (χ0n) is 12.6. The molecule has 0 fully saturated rings. The van der Waals surface area contributed by atoms with Crippen molar-refractivity contribution in [3.63, 3.8) is 0 Å². The SMILES string of the molecule is Cc1cc(C)n(-c2ccc(CNCC(C)C)c(Cl)c2)n1. The zero-order chi connectivity index (χ0) is 14.7. The molecule has 4 heteroatoms. The number of aryl methyl sites for hydroxylation is 2. The average molecular weight is 292 g/mol. The summed E-state index contributed by atoms with van der Waals surface area (Å²) in [4.78, 5) is 0. The van der Waals surface area contributed by atoms with E-state index >= 15 is 0 Å². The zero-order valence-corrected chi connectivity index (χ0v) is 13.3. The van der Waals surface area contributed by atoms with E-state index in [-0.39, 0.29) is 0 Å². The summed E-state index contributed by atoms with van der Waals surface area (Å²) >= 11 is 6.37. The van der Waals surface area contributed by atoms with Crippen LogP contribution in [0, 0.1) is 19.8 Å². The van der Waals surface area contributed by atoms with Gasteiger partial charge < -0.3 is 5.32 Å². The molecule has 1 N–H and O–H groups in total. The Labute approximate surface area is 126 Å². The second-order valence-electron chi connectivity index (χ2n) is 5.64. The van der Waals surface area contributed by atoms with Crippen LogP contribution in [0.5, 0.6) is 0 Å². The van der Waals surface area contributed by atoms with E-state index in [1.54, 1.807) is 0 Å². The Kier molecular flexibility index (Phi) is 4.84. The number of aromatic nitrogens is 2. The Hall–Kier alpha value is -1.32. The maximum Gasteiger partial charge on any atom is 0.0663 e. The Balaban J connectivity index is 2.15. The Bertz CT molecular complexity index is 587. The fourth-order valence-electron chi connectivity index (χ4n) is 2.20. The second-order valence-corrected chi connectivity index (χ2v) is 6.05. The summed E-state index contributed by atoms with van der Waals surface area (Å²) in [5, 5.41) is 8.67. The van der Waals surface area contributed by atoms with Crippen LogP contribution in [0.1, 0.15) is 30.8 Å². The molecule has 1 heterocycles. The highest BCUT2D eigenvalue weighted by Crippen LogP contribution is 2.21. The smallest absolute Gasteiger partial charge is 0.0663 e. The highest BCUT2D eigenvalue weighted by Gasteiger charge is 2.07. The van der Waals surface area contributed by atoms with E-state index in [1.807, 2.05) is 24.6 Å². The van der Waals surface area contributed by atoms with Gasteiger partial charge in [0, 0.05) is 17.3 Å². The standard InChI is InChI=1S/C16H22ClN3/c1-11(2)9-18-10-14-5-6-15(8-16(14)17)20-13(4)7-12(3)19-20/h5-8,11,18H,9-10H2,1-4H3. The van der Waals surface area contributed by atoms with Crippen molar-refractivity contribution in [3.8, 4) is 5.69 Å². The summed E-state index contributed by atoms with van der Waals surface area (Å²) < 4.78 is 1.92. The molecule has 0 aliphatic rings. The summed E-state index contributed by atoms with van der Waals surface area (Å²) in [7, 11) is 0. The van der Waals surface area contributed by atoms with E-state index in [0.29, 0.717) is 5.92 Å². The maximum atomic E-state index is 6.37. The average Bonchev–Trinajstić information content (AvgIpc) is 2.70. The van der Waals surface area contributed by atoms with Gasteiger partial charge in [-0.15, -0.1) is 0 Å². The van der Waals surface area contributed by atoms with Gasteiger partial charge in [-0.25, -0.2) is 4.68 Å². The minimum atomic E-state index is 0.641. The lowest BCUT2D eigenvalue weighted by molar-refractivity contribution is 0.552. The highest BCUT2D eigenvalue weighted by molar-refractivity contribution is 6.31. The molecular formula is C16H22ClN3. The van der Waals surface area contributed by atoms with E-state index in [0.717, 1.165) is 40.8 Å². The lowest BCUT2D eigenvalue weighted by Gasteiger charge is -2.11. The fourth-order valence-corrected chi connectivity index (χ4v) is 2.44. The molecule has 0 amide bonds. The number of benzene rings is 1. The molecule has 0 saturated carbocycles. The highest BCUT2D eigenvalue weighted by atomic mass is 35.5. The van der Waals surface area contributed by atoms with Gasteiger partial charge in [-0.2, -0.15) is 5.10 Å². The molecule has 0 saturated heterocycles. The maximum absolute atomic E-state index is 6.37. The second kappa shape index (κ2) is 6.42. The molecule has 1 aromatic carbocycles. The van der Waals surface area contributed by atoms with Crippen molar-refractivity contribution < 1.29 is 0 Å². The van der Waals surface area contributed by atoms with Gasteiger partial charge in [0.05, 0.1) is 11.4 Å². The van der Waals surface area contributed by atoms with Crippen LogP contribution in [0.15, 0.2) is 24.3 Å². The van der Waals surface area contributed by atoms with Crippen LogP contribution >= 0.6 is 11.6 Å². The predicted molar refractivity (Wildman–Crippen MR) is 84.6 cm³/mol. The Morgan fingerprint density at radius 2 is 2.00 bits per heavy atom. The number of nitrogens with zero attached hydrogens (tertiary/aromatic N) is 2. The van der Waals surface area contributed by atoms with E-state index in [9.17, 15) is 0 Å². The molecule has 0 bridgehead atoms. The Morgan fingerprint density at radius 1 is 1.25 bits per heavy atom. The van der Waals surface area contributed by atoms with Crippen molar-refractivity contribution >= 4 is 11.6 Å². The van der Waals surface area contributed by atoms with Crippen molar-refractivity contribution in [3.05, 3.63) is 46.2 Å². The van der Waals surface area contributed by atoms with Crippen LogP contribution in [0.25, 0.3) is 5.69 Å². The first kappa shape index (κ1) is 15.1. The first-order chi connectivity index (χ1) is 9.47. The fraction of sp³-hybridized carbons (Fsp3) is 0.438. The van der Waals surface area contributed by atoms with Crippen molar-refractivity contribution in [2.45, 2.75) is 34.2 Å². The lowest BCUT2D eigenvalue weighted by atomic mass is 10.2. The topological polar surface area (TPSA) is 29.9 Å². The minimum Gasteiger partial charge on any atom is -0.312 e. The van der Waals surface area contributed by atoms with Crippen LogP contribution in [0.3, 0.4) is 0 Å². The normalized spacial score (nSPS) is 11.3. The summed E-state index contributed by atoms with van der Waals surface area (Å²) in [6.07, 6.45) is 0. The molecule has 2 rings (SSSR count). The predicted octanol–water partition coefficient (Wildman–Crippen LogP) is 3.89. The van der Waals surface area contributed by atoms with Crippen molar-refractivity contribution in [2.24, 2.45) is 5.92 Å². The first-order valence-electron chi connectivity index (χ1n) is 7.00. The minimum absolute atomic E-state index is 0.641. The van der Waals surface area contributed by atoms with Gasteiger partial charge in [-0.3, -0.25) is 0 Å². The van der Waals surface area contributed by atoms with Gasteiger partial charge in [-0.05, 0) is 50.1 Å². The summed E-state index contributed by atoms with van der Waals surface area (Å²) in [5.74, 6) is 0.641. The van der Waals surface area contributed by atoms with Crippen molar-refractivity contribution in [1.82, 2.24) is 15.1 Å². The van der Waals surface area contributed by atoms with Crippen molar-refractivity contribution in [1.29, 1.82) is 0 Å². The molecule has 108 valence electrons. The summed E-state index contributed by atoms with van der Waals surface area (Å²) in [6, 6.07) is 8.18. The molecule has 0 spiro atoms. The molecular weight excluding hydrogens is 270 g/mol. The molecule has 3 nitrogen and oxygen atoms in total. The van der Waals surface area contributed by atoms with E-state index < -0.39 is 0 Å². The van der Waals surface area contributed by atoms with Gasteiger partial charge in [-0.1, -0.05) is 31.5 Å². The molecule has 0 aliphatic heterocycles. The monoisotopic (exact) mass is 291 g/mol. The number of rotatable bonds is 5. The van der Waals surface area contributed by atoms with Crippen LogP contribution in [0.4, 0.5) is 0 Å². The van der Waals surface area contributed by atoms with Gasteiger partial charge in [0.15, 0.2) is 0 Å². The molecule has 0 aliphatic carbocycles. The molecule has 2 aromatic rings. The number of nitrogens with one attached hydrogen (secondary N) is 1. The van der Waals surface area contributed by atoms with Gasteiger partial charge in [0.2, 0.25) is 0 Å². The van der Waals surface area contributed by atoms with Crippen LogP contribution < -0.4 is 5.32 Å². The van der Waals surface area contributed by atoms with Crippen molar-refractivity contribution in [2.75, 3.05) is 6.54 Å². The van der Waals surface area contributed by atoms with Crippen LogP contribution in [0.2, 0.25) is 5.02 Å². The molecule has 20 heavy (non-hydrogen) atoms. The summed E-state index contributed by atoms with van der Waals surface area (Å²) in [6.45, 7) is 10.2. The quantitative estimate of drug-likeness (QED) is 0.906. The van der Waals surface area contributed by atoms with E-state index in [4.69, 9.17) is 11.6 Å². The molecule has 0 radical (unpaired) electrons. The third-order valence-electron chi connectivity index (χ3n) is 3.16. The van der Waals surface area contributed by atoms with E-state index in [1.165, 1.54) is 0 Å². The molecule has 0 unspecified atom stereocenters. The molecule has 0 atom stereocenters. The third kappa shape index (κ3) is 3.62. The summed E-state index contributed by atoms with van der Waals surface area (Å²) in [5.41, 5.74) is 4.26. The lowest BCUT2D eigenvalue weighted by Crippen LogP contribution is -2.19. The molecule has 1 aromatic heterocycles. The Morgan fingerprint density at radius 3 is 2.55 bits per heavy atom.